The molecule has 0 fully saturated rings. The second kappa shape index (κ2) is 48.3. The van der Waals surface area contributed by atoms with E-state index in [1.807, 2.05) is 0 Å². The Kier molecular flexibility index (Phi) is 47.1. The van der Waals surface area contributed by atoms with Gasteiger partial charge >= 0.3 is 17.9 Å². The molecule has 63 heavy (non-hydrogen) atoms. The molecule has 6 nitrogen and oxygen atoms in total. The summed E-state index contributed by atoms with van der Waals surface area (Å²) in [5, 5.41) is 0. The number of hydrogen-bond donors (Lipinski definition) is 0. The summed E-state index contributed by atoms with van der Waals surface area (Å²) < 4.78 is 16.9. The molecule has 6 heteroatoms. The molecule has 0 radical (unpaired) electrons. The normalized spacial score (nSPS) is 12.6. The highest BCUT2D eigenvalue weighted by atomic mass is 16.6. The topological polar surface area (TPSA) is 78.9 Å². The molecule has 0 aliphatic rings. The Labute approximate surface area is 393 Å². The fraction of sp³-hybridized carbons (Fsp3) is 0.947. The van der Waals surface area contributed by atoms with Crippen molar-refractivity contribution in [3.05, 3.63) is 0 Å². The third-order valence-electron chi connectivity index (χ3n) is 13.3. The molecular weight excluding hydrogens is 781 g/mol. The van der Waals surface area contributed by atoms with Crippen molar-refractivity contribution >= 4 is 17.9 Å². The van der Waals surface area contributed by atoms with Gasteiger partial charge in [0.25, 0.3) is 0 Å². The van der Waals surface area contributed by atoms with Crippen LogP contribution in [0, 0.1) is 17.8 Å². The molecule has 0 bridgehead atoms. The van der Waals surface area contributed by atoms with Gasteiger partial charge in [0.2, 0.25) is 0 Å². The fourth-order valence-corrected chi connectivity index (χ4v) is 8.61. The first kappa shape index (κ1) is 61.4. The van der Waals surface area contributed by atoms with Crippen LogP contribution in [0.15, 0.2) is 0 Å². The summed E-state index contributed by atoms with van der Waals surface area (Å²) in [7, 11) is 0. The van der Waals surface area contributed by atoms with E-state index in [1.165, 1.54) is 193 Å². The lowest BCUT2D eigenvalue weighted by Crippen LogP contribution is -2.30. The maximum Gasteiger partial charge on any atom is 0.306 e. The average Bonchev–Trinajstić information content (AvgIpc) is 3.25. The summed E-state index contributed by atoms with van der Waals surface area (Å²) >= 11 is 0. The largest absolute Gasteiger partial charge is 0.462 e. The molecule has 0 saturated carbocycles. The molecule has 0 aromatic rings. The number of esters is 3. The second-order valence-electron chi connectivity index (χ2n) is 20.8. The van der Waals surface area contributed by atoms with Gasteiger partial charge in [-0.15, -0.1) is 0 Å². The Morgan fingerprint density at radius 3 is 0.825 bits per heavy atom. The van der Waals surface area contributed by atoms with Crippen LogP contribution >= 0.6 is 0 Å². The van der Waals surface area contributed by atoms with Crippen molar-refractivity contribution in [2.45, 2.75) is 317 Å². The Hall–Kier alpha value is -1.59. The minimum Gasteiger partial charge on any atom is -0.462 e. The van der Waals surface area contributed by atoms with E-state index in [0.29, 0.717) is 19.3 Å². The number of carbonyl (C=O) groups is 3. The highest BCUT2D eigenvalue weighted by molar-refractivity contribution is 5.71. The van der Waals surface area contributed by atoms with E-state index in [9.17, 15) is 14.4 Å². The van der Waals surface area contributed by atoms with Crippen molar-refractivity contribution in [3.63, 3.8) is 0 Å². The summed E-state index contributed by atoms with van der Waals surface area (Å²) in [6, 6.07) is 0. The van der Waals surface area contributed by atoms with Gasteiger partial charge in [-0.05, 0) is 37.0 Å². The molecule has 0 spiro atoms. The molecule has 0 aliphatic carbocycles. The smallest absolute Gasteiger partial charge is 0.306 e. The molecule has 0 aliphatic heterocycles. The maximum absolute atomic E-state index is 12.8. The summed E-state index contributed by atoms with van der Waals surface area (Å²) in [4.78, 5) is 38.0. The van der Waals surface area contributed by atoms with Gasteiger partial charge in [0.15, 0.2) is 6.10 Å². The number of carbonyl (C=O) groups excluding carboxylic acids is 3. The zero-order chi connectivity index (χ0) is 46.3. The van der Waals surface area contributed by atoms with Crippen LogP contribution in [-0.2, 0) is 28.6 Å². The van der Waals surface area contributed by atoms with E-state index in [4.69, 9.17) is 14.2 Å². The van der Waals surface area contributed by atoms with E-state index in [-0.39, 0.29) is 31.1 Å². The lowest BCUT2D eigenvalue weighted by atomic mass is 9.99. The molecule has 0 aromatic heterocycles. The van der Waals surface area contributed by atoms with Gasteiger partial charge in [-0.25, -0.2) is 0 Å². The molecular formula is C57H110O6. The monoisotopic (exact) mass is 891 g/mol. The van der Waals surface area contributed by atoms with Crippen molar-refractivity contribution in [3.8, 4) is 0 Å². The van der Waals surface area contributed by atoms with Gasteiger partial charge in [0.1, 0.15) is 13.2 Å². The van der Waals surface area contributed by atoms with E-state index >= 15 is 0 Å². The molecule has 374 valence electrons. The summed E-state index contributed by atoms with van der Waals surface area (Å²) in [5.41, 5.74) is 0. The van der Waals surface area contributed by atoms with Crippen LogP contribution in [0.5, 0.6) is 0 Å². The van der Waals surface area contributed by atoms with Gasteiger partial charge in [-0.3, -0.25) is 14.4 Å². The van der Waals surface area contributed by atoms with Gasteiger partial charge in [-0.2, -0.15) is 0 Å². The number of rotatable bonds is 50. The molecule has 0 heterocycles. The van der Waals surface area contributed by atoms with Crippen molar-refractivity contribution < 1.29 is 28.6 Å². The summed E-state index contributed by atoms with van der Waals surface area (Å²) in [5.74, 6) is 1.67. The minimum absolute atomic E-state index is 0.0643. The molecule has 0 rings (SSSR count). The highest BCUT2D eigenvalue weighted by Crippen LogP contribution is 2.19. The maximum atomic E-state index is 12.8. The molecule has 2 atom stereocenters. The first-order chi connectivity index (χ1) is 30.6. The van der Waals surface area contributed by atoms with Crippen molar-refractivity contribution in [1.82, 2.24) is 0 Å². The van der Waals surface area contributed by atoms with Crippen molar-refractivity contribution in [2.75, 3.05) is 13.2 Å². The van der Waals surface area contributed by atoms with E-state index in [1.54, 1.807) is 0 Å². The molecule has 0 saturated heterocycles. The van der Waals surface area contributed by atoms with E-state index in [0.717, 1.165) is 75.5 Å². The quantitative estimate of drug-likeness (QED) is 0.0344. The summed E-state index contributed by atoms with van der Waals surface area (Å²) in [6.07, 6.45) is 49.5. The van der Waals surface area contributed by atoms with Crippen molar-refractivity contribution in [1.29, 1.82) is 0 Å². The third-order valence-corrected chi connectivity index (χ3v) is 13.3. The predicted molar refractivity (Wildman–Crippen MR) is 270 cm³/mol. The lowest BCUT2D eigenvalue weighted by Gasteiger charge is -2.18. The lowest BCUT2D eigenvalue weighted by molar-refractivity contribution is -0.167. The number of ether oxygens (including phenoxy) is 3. The Balaban J connectivity index is 4.26. The minimum atomic E-state index is -0.763. The van der Waals surface area contributed by atoms with Crippen LogP contribution in [0.2, 0.25) is 0 Å². The Morgan fingerprint density at radius 1 is 0.317 bits per heavy atom. The third kappa shape index (κ3) is 49.7. The van der Waals surface area contributed by atoms with Gasteiger partial charge in [0.05, 0.1) is 0 Å². The molecule has 0 amide bonds. The highest BCUT2D eigenvalue weighted by Gasteiger charge is 2.19. The first-order valence-corrected chi connectivity index (χ1v) is 28.1. The SMILES string of the molecule is CCC(C)CCCCCCCCCCCCCCCCC(=O)OC[C@@H](COC(=O)CCCCCCCCCC(C)C)OC(=O)CCCCCCCCCCCCCCCCC(C)C. The average molecular weight is 892 g/mol. The number of hydrogen-bond acceptors (Lipinski definition) is 6. The van der Waals surface area contributed by atoms with Crippen LogP contribution < -0.4 is 0 Å². The van der Waals surface area contributed by atoms with Crippen molar-refractivity contribution in [2.24, 2.45) is 17.8 Å². The van der Waals surface area contributed by atoms with Crippen LogP contribution in [0.3, 0.4) is 0 Å². The zero-order valence-electron chi connectivity index (χ0n) is 43.4. The standard InChI is InChI=1S/C57H110O6/c1-7-53(6)45-39-33-27-21-17-13-9-11-14-18-22-28-34-40-46-55(58)61-49-54(50-62-56(59)47-41-35-30-24-26-32-38-44-52(4)5)63-57(60)48-42-36-29-23-19-15-10-8-12-16-20-25-31-37-43-51(2)3/h51-54H,7-50H2,1-6H3/t53?,54-/m0/s1. The predicted octanol–water partition coefficient (Wildman–Crippen LogP) is 18.3. The zero-order valence-corrected chi connectivity index (χ0v) is 43.4. The molecule has 0 N–H and O–H groups in total. The fourth-order valence-electron chi connectivity index (χ4n) is 8.61. The second-order valence-corrected chi connectivity index (χ2v) is 20.8. The Morgan fingerprint density at radius 2 is 0.556 bits per heavy atom. The van der Waals surface area contributed by atoms with Crippen LogP contribution in [-0.4, -0.2) is 37.2 Å². The molecule has 1 unspecified atom stereocenters. The van der Waals surface area contributed by atoms with Gasteiger partial charge in [-0.1, -0.05) is 273 Å². The van der Waals surface area contributed by atoms with Crippen LogP contribution in [0.25, 0.3) is 0 Å². The van der Waals surface area contributed by atoms with E-state index in [2.05, 4.69) is 41.5 Å². The van der Waals surface area contributed by atoms with Gasteiger partial charge < -0.3 is 14.2 Å². The van der Waals surface area contributed by atoms with Gasteiger partial charge in [0, 0.05) is 19.3 Å². The molecule has 0 aromatic carbocycles. The van der Waals surface area contributed by atoms with Crippen LogP contribution in [0.4, 0.5) is 0 Å². The Bertz CT molecular complexity index is 978. The van der Waals surface area contributed by atoms with Crippen LogP contribution in [0.1, 0.15) is 311 Å². The van der Waals surface area contributed by atoms with E-state index < -0.39 is 6.10 Å². The summed E-state index contributed by atoms with van der Waals surface area (Å²) in [6.45, 7) is 13.7. The number of unbranched alkanes of at least 4 members (excludes halogenated alkanes) is 32. The first-order valence-electron chi connectivity index (χ1n) is 28.1.